The van der Waals surface area contributed by atoms with Crippen LogP contribution in [0.4, 0.5) is 0 Å². The predicted molar refractivity (Wildman–Crippen MR) is 59.0 cm³/mol. The van der Waals surface area contributed by atoms with E-state index >= 15 is 0 Å². The van der Waals surface area contributed by atoms with Crippen LogP contribution in [-0.2, 0) is 6.42 Å². The van der Waals surface area contributed by atoms with Crippen molar-refractivity contribution in [3.63, 3.8) is 0 Å². The van der Waals surface area contributed by atoms with Gasteiger partial charge in [-0.05, 0) is 30.7 Å². The largest absolute Gasteiger partial charge is 0.462 e. The van der Waals surface area contributed by atoms with Crippen LogP contribution in [0.1, 0.15) is 5.56 Å². The maximum atomic E-state index is 5.98. The first-order valence-corrected chi connectivity index (χ1v) is 5.03. The molecule has 0 fully saturated rings. The van der Waals surface area contributed by atoms with Crippen molar-refractivity contribution in [2.24, 2.45) is 5.73 Å². The summed E-state index contributed by atoms with van der Waals surface area (Å²) in [4.78, 5) is 0. The van der Waals surface area contributed by atoms with Gasteiger partial charge in [0, 0.05) is 5.39 Å². The van der Waals surface area contributed by atoms with E-state index < -0.39 is 0 Å². The molecule has 0 saturated heterocycles. The molecule has 0 radical (unpaired) electrons. The van der Waals surface area contributed by atoms with Crippen LogP contribution in [0, 0.1) is 0 Å². The van der Waals surface area contributed by atoms with E-state index in [0.717, 1.165) is 17.4 Å². The third-order valence-corrected chi connectivity index (χ3v) is 2.92. The summed E-state index contributed by atoms with van der Waals surface area (Å²) in [6.07, 6.45) is 2.46. The molecule has 1 aromatic heterocycles. The molecule has 2 nitrogen and oxygen atoms in total. The Bertz CT molecular complexity index is 464. The van der Waals surface area contributed by atoms with Crippen molar-refractivity contribution < 1.29 is 4.42 Å². The van der Waals surface area contributed by atoms with Crippen molar-refractivity contribution in [3.05, 3.63) is 34.0 Å². The molecule has 1 aromatic carbocycles. The van der Waals surface area contributed by atoms with Crippen molar-refractivity contribution in [3.8, 4) is 0 Å². The lowest BCUT2D eigenvalue weighted by Gasteiger charge is -1.97. The zero-order chi connectivity index (χ0) is 10.1. The van der Waals surface area contributed by atoms with Gasteiger partial charge in [0.2, 0.25) is 0 Å². The van der Waals surface area contributed by atoms with Gasteiger partial charge in [-0.25, -0.2) is 0 Å². The third-order valence-electron chi connectivity index (χ3n) is 2.13. The summed E-state index contributed by atoms with van der Waals surface area (Å²) < 4.78 is 5.34. The van der Waals surface area contributed by atoms with Gasteiger partial charge in [0.05, 0.1) is 11.3 Å². The second-order valence-electron chi connectivity index (χ2n) is 3.04. The molecule has 0 atom stereocenters. The molecule has 2 aromatic rings. The van der Waals surface area contributed by atoms with Crippen LogP contribution >= 0.6 is 23.2 Å². The highest BCUT2D eigenvalue weighted by Gasteiger charge is 2.10. The normalized spacial score (nSPS) is 11.1. The number of rotatable bonds is 2. The molecule has 1 heterocycles. The van der Waals surface area contributed by atoms with Gasteiger partial charge >= 0.3 is 0 Å². The van der Waals surface area contributed by atoms with Crippen LogP contribution in [0.15, 0.2) is 22.8 Å². The predicted octanol–water partition coefficient (Wildman–Crippen LogP) is 3.24. The van der Waals surface area contributed by atoms with Crippen molar-refractivity contribution in [2.45, 2.75) is 6.42 Å². The van der Waals surface area contributed by atoms with Gasteiger partial charge in [-0.15, -0.1) is 0 Å². The van der Waals surface area contributed by atoms with E-state index in [1.807, 2.05) is 6.07 Å². The number of hydrogen-bond acceptors (Lipinski definition) is 2. The molecule has 0 spiro atoms. The molecule has 2 rings (SSSR count). The number of hydrogen-bond donors (Lipinski definition) is 1. The van der Waals surface area contributed by atoms with Gasteiger partial charge in [-0.2, -0.15) is 0 Å². The first-order valence-electron chi connectivity index (χ1n) is 4.28. The number of benzene rings is 1. The van der Waals surface area contributed by atoms with Crippen molar-refractivity contribution in [2.75, 3.05) is 6.54 Å². The molecule has 14 heavy (non-hydrogen) atoms. The molecular weight excluding hydrogens is 221 g/mol. The summed E-state index contributed by atoms with van der Waals surface area (Å²) in [7, 11) is 0. The summed E-state index contributed by atoms with van der Waals surface area (Å²) in [5, 5.41) is 1.96. The van der Waals surface area contributed by atoms with E-state index in [-0.39, 0.29) is 0 Å². The first-order chi connectivity index (χ1) is 6.74. The quantitative estimate of drug-likeness (QED) is 0.859. The lowest BCUT2D eigenvalue weighted by molar-refractivity contribution is 0.610. The minimum absolute atomic E-state index is 0.465. The van der Waals surface area contributed by atoms with Gasteiger partial charge in [0.15, 0.2) is 5.58 Å². The first kappa shape index (κ1) is 9.84. The van der Waals surface area contributed by atoms with Crippen molar-refractivity contribution in [1.82, 2.24) is 0 Å². The number of nitrogens with two attached hydrogens (primary N) is 1. The van der Waals surface area contributed by atoms with Crippen LogP contribution in [0.3, 0.4) is 0 Å². The summed E-state index contributed by atoms with van der Waals surface area (Å²) in [5.74, 6) is 0. The molecule has 0 aliphatic rings. The van der Waals surface area contributed by atoms with E-state index in [1.54, 1.807) is 12.3 Å². The average molecular weight is 230 g/mol. The Hall–Kier alpha value is -0.700. The standard InChI is InChI=1S/C10H9Cl2NO/c11-8-2-1-7-6(3-4-13)5-14-10(7)9(8)12/h1-2,5H,3-4,13H2. The highest BCUT2D eigenvalue weighted by atomic mass is 35.5. The molecule has 0 aliphatic heterocycles. The minimum atomic E-state index is 0.465. The summed E-state index contributed by atoms with van der Waals surface area (Å²) in [5.41, 5.74) is 7.19. The Morgan fingerprint density at radius 1 is 1.29 bits per heavy atom. The second-order valence-corrected chi connectivity index (χ2v) is 3.82. The fourth-order valence-corrected chi connectivity index (χ4v) is 1.80. The molecule has 0 amide bonds. The van der Waals surface area contributed by atoms with Crippen LogP contribution < -0.4 is 5.73 Å². The molecule has 4 heteroatoms. The van der Waals surface area contributed by atoms with Crippen LogP contribution in [0.5, 0.6) is 0 Å². The molecule has 2 N–H and O–H groups in total. The molecular formula is C10H9Cl2NO. The van der Waals surface area contributed by atoms with E-state index in [9.17, 15) is 0 Å². The van der Waals surface area contributed by atoms with E-state index in [0.29, 0.717) is 22.2 Å². The number of fused-ring (bicyclic) bond motifs is 1. The number of furan rings is 1. The maximum absolute atomic E-state index is 5.98. The van der Waals surface area contributed by atoms with Gasteiger partial charge in [0.25, 0.3) is 0 Å². The highest BCUT2D eigenvalue weighted by Crippen LogP contribution is 2.33. The fraction of sp³-hybridized carbons (Fsp3) is 0.200. The Labute approximate surface area is 91.6 Å². The van der Waals surface area contributed by atoms with Gasteiger partial charge in [0.1, 0.15) is 5.02 Å². The fourth-order valence-electron chi connectivity index (χ4n) is 1.44. The summed E-state index contributed by atoms with van der Waals surface area (Å²) in [6.45, 7) is 0.592. The van der Waals surface area contributed by atoms with E-state index in [1.165, 1.54) is 0 Å². The topological polar surface area (TPSA) is 39.2 Å². The lowest BCUT2D eigenvalue weighted by atomic mass is 10.1. The van der Waals surface area contributed by atoms with Gasteiger partial charge < -0.3 is 10.2 Å². The van der Waals surface area contributed by atoms with Gasteiger partial charge in [-0.3, -0.25) is 0 Å². The molecule has 0 aliphatic carbocycles. The molecule has 74 valence electrons. The lowest BCUT2D eigenvalue weighted by Crippen LogP contribution is -2.01. The average Bonchev–Trinajstić information content (AvgIpc) is 2.57. The Morgan fingerprint density at radius 3 is 2.79 bits per heavy atom. The summed E-state index contributed by atoms with van der Waals surface area (Å²) in [6, 6.07) is 3.67. The Balaban J connectivity index is 2.64. The molecule has 0 saturated carbocycles. The SMILES string of the molecule is NCCc1coc2c(Cl)c(Cl)ccc12. The van der Waals surface area contributed by atoms with Crippen LogP contribution in [0.2, 0.25) is 10.0 Å². The molecule has 0 unspecified atom stereocenters. The minimum Gasteiger partial charge on any atom is -0.462 e. The number of halogens is 2. The second kappa shape index (κ2) is 3.81. The van der Waals surface area contributed by atoms with Crippen molar-refractivity contribution >= 4 is 34.2 Å². The zero-order valence-corrected chi connectivity index (χ0v) is 8.90. The van der Waals surface area contributed by atoms with Crippen LogP contribution in [0.25, 0.3) is 11.0 Å². The Morgan fingerprint density at radius 2 is 2.07 bits per heavy atom. The van der Waals surface area contributed by atoms with Crippen molar-refractivity contribution in [1.29, 1.82) is 0 Å². The Kier molecular flexibility index (Phi) is 2.68. The summed E-state index contributed by atoms with van der Waals surface area (Å²) >= 11 is 11.8. The zero-order valence-electron chi connectivity index (χ0n) is 7.39. The molecule has 0 bridgehead atoms. The third kappa shape index (κ3) is 1.50. The highest BCUT2D eigenvalue weighted by molar-refractivity contribution is 6.44. The maximum Gasteiger partial charge on any atom is 0.154 e. The van der Waals surface area contributed by atoms with E-state index in [2.05, 4.69) is 0 Å². The smallest absolute Gasteiger partial charge is 0.154 e. The van der Waals surface area contributed by atoms with Gasteiger partial charge in [-0.1, -0.05) is 23.2 Å². The monoisotopic (exact) mass is 229 g/mol. The van der Waals surface area contributed by atoms with E-state index in [4.69, 9.17) is 33.4 Å². The van der Waals surface area contributed by atoms with Crippen LogP contribution in [-0.4, -0.2) is 6.54 Å².